The molecule has 2 aromatic rings. The third kappa shape index (κ3) is 1.64. The number of aromatic nitrogens is 2. The molecule has 5 heteroatoms. The van der Waals surface area contributed by atoms with Gasteiger partial charge in [0.25, 0.3) is 5.82 Å². The number of esters is 1. The van der Waals surface area contributed by atoms with Crippen LogP contribution >= 0.6 is 0 Å². The van der Waals surface area contributed by atoms with E-state index in [4.69, 9.17) is 0 Å². The molecule has 1 heterocycles. The fourth-order valence-corrected chi connectivity index (χ4v) is 2.04. The molecule has 0 atom stereocenters. The maximum Gasteiger partial charge on any atom is 0.377 e. The molecule has 0 bridgehead atoms. The molecule has 0 unspecified atom stereocenters. The first-order valence-electron chi connectivity index (χ1n) is 5.48. The monoisotopic (exact) mass is 246 g/mol. The Kier molecular flexibility index (Phi) is 3.06. The molecule has 0 spiro atoms. The van der Waals surface area contributed by atoms with Crippen molar-refractivity contribution < 1.29 is 19.2 Å². The third-order valence-corrected chi connectivity index (χ3v) is 3.04. The summed E-state index contributed by atoms with van der Waals surface area (Å²) >= 11 is 0. The Labute approximate surface area is 105 Å². The molecule has 0 N–H and O–H groups in total. The number of para-hydroxylation sites is 2. The van der Waals surface area contributed by atoms with Gasteiger partial charge in [0.15, 0.2) is 11.0 Å². The van der Waals surface area contributed by atoms with E-state index in [9.17, 15) is 9.90 Å². The lowest BCUT2D eigenvalue weighted by molar-refractivity contribution is -0.651. The molecule has 2 rings (SSSR count). The summed E-state index contributed by atoms with van der Waals surface area (Å²) in [5.41, 5.74) is 1.72. The van der Waals surface area contributed by atoms with E-state index in [2.05, 4.69) is 4.74 Å². The van der Waals surface area contributed by atoms with E-state index in [0.29, 0.717) is 6.26 Å². The normalized spacial score (nSPS) is 11.8. The van der Waals surface area contributed by atoms with E-state index in [0.717, 1.165) is 16.9 Å². The highest BCUT2D eigenvalue weighted by atomic mass is 16.5. The molecule has 94 valence electrons. The summed E-state index contributed by atoms with van der Waals surface area (Å²) in [4.78, 5) is 11.6. The van der Waals surface area contributed by atoms with E-state index in [1.54, 1.807) is 4.57 Å². The first kappa shape index (κ1) is 12.2. The van der Waals surface area contributed by atoms with E-state index in [1.807, 2.05) is 42.8 Å². The van der Waals surface area contributed by atoms with Gasteiger partial charge in [0.1, 0.15) is 0 Å². The van der Waals surface area contributed by atoms with Gasteiger partial charge in [0, 0.05) is 6.92 Å². The molecule has 1 aromatic heterocycles. The van der Waals surface area contributed by atoms with Crippen molar-refractivity contribution in [1.29, 1.82) is 0 Å². The van der Waals surface area contributed by atoms with Gasteiger partial charge in [-0.2, -0.15) is 4.57 Å². The molecular formula is C13H14N2O3. The first-order chi connectivity index (χ1) is 8.61. The van der Waals surface area contributed by atoms with Crippen LogP contribution in [0.2, 0.25) is 0 Å². The van der Waals surface area contributed by atoms with Crippen molar-refractivity contribution in [2.75, 3.05) is 7.11 Å². The maximum atomic E-state index is 11.6. The average Bonchev–Trinajstić information content (AvgIpc) is 2.65. The van der Waals surface area contributed by atoms with Crippen LogP contribution in [-0.2, 0) is 16.6 Å². The number of aryl methyl sites for hydroxylation is 1. The number of nitrogens with zero attached hydrogens (tertiary/aromatic N) is 2. The lowest BCUT2D eigenvalue weighted by atomic mass is 10.3. The zero-order valence-electron chi connectivity index (χ0n) is 10.5. The lowest BCUT2D eigenvalue weighted by Crippen LogP contribution is -2.31. The third-order valence-electron chi connectivity index (χ3n) is 3.04. The minimum atomic E-state index is -0.644. The van der Waals surface area contributed by atoms with Crippen molar-refractivity contribution in [1.82, 2.24) is 4.57 Å². The maximum absolute atomic E-state index is 11.6. The van der Waals surface area contributed by atoms with Gasteiger partial charge in [-0.3, -0.25) is 0 Å². The summed E-state index contributed by atoms with van der Waals surface area (Å²) < 4.78 is 8.16. The Morgan fingerprint density at radius 1 is 1.44 bits per heavy atom. The summed E-state index contributed by atoms with van der Waals surface area (Å²) in [6, 6.07) is 7.55. The fraction of sp³-hybridized carbons (Fsp3) is 0.231. The topological polar surface area (TPSA) is 58.2 Å². The Bertz CT molecular complexity index is 641. The number of carbonyl (C=O) groups excluding carboxylic acids is 1. The number of benzene rings is 1. The lowest BCUT2D eigenvalue weighted by Gasteiger charge is -2.05. The highest BCUT2D eigenvalue weighted by Crippen LogP contribution is 2.18. The zero-order chi connectivity index (χ0) is 13.3. The molecule has 0 amide bonds. The molecule has 0 saturated carbocycles. The highest BCUT2D eigenvalue weighted by Gasteiger charge is 2.25. The summed E-state index contributed by atoms with van der Waals surface area (Å²) in [7, 11) is 3.14. The quantitative estimate of drug-likeness (QED) is 0.327. The number of rotatable bonds is 2. The second kappa shape index (κ2) is 4.52. The van der Waals surface area contributed by atoms with Crippen LogP contribution in [0.3, 0.4) is 0 Å². The predicted octanol–water partition coefficient (Wildman–Crippen LogP) is 0.106. The van der Waals surface area contributed by atoms with Gasteiger partial charge in [-0.05, 0) is 12.1 Å². The van der Waals surface area contributed by atoms with E-state index < -0.39 is 5.97 Å². The van der Waals surface area contributed by atoms with Crippen LogP contribution in [-0.4, -0.2) is 17.6 Å². The van der Waals surface area contributed by atoms with Gasteiger partial charge < -0.3 is 9.84 Å². The molecule has 0 aliphatic carbocycles. The summed E-state index contributed by atoms with van der Waals surface area (Å²) in [5, 5.41) is 11.1. The Balaban J connectivity index is 2.78. The molecule has 5 nitrogen and oxygen atoms in total. The van der Waals surface area contributed by atoms with E-state index in [-0.39, 0.29) is 5.70 Å². The van der Waals surface area contributed by atoms with Crippen LogP contribution in [0.25, 0.3) is 16.7 Å². The zero-order valence-corrected chi connectivity index (χ0v) is 10.5. The molecule has 1 aromatic carbocycles. The Morgan fingerprint density at radius 2 is 2.11 bits per heavy atom. The van der Waals surface area contributed by atoms with Crippen molar-refractivity contribution in [2.45, 2.75) is 6.92 Å². The SMILES string of the molecule is COC(=O)/C(=C\[O-])n1c(C)[n+](C)c2ccccc21. The van der Waals surface area contributed by atoms with Crippen molar-refractivity contribution in [3.63, 3.8) is 0 Å². The van der Waals surface area contributed by atoms with Crippen LogP contribution < -0.4 is 9.67 Å². The van der Waals surface area contributed by atoms with Crippen molar-refractivity contribution in [3.8, 4) is 0 Å². The molecule has 0 fully saturated rings. The molecule has 18 heavy (non-hydrogen) atoms. The van der Waals surface area contributed by atoms with E-state index in [1.165, 1.54) is 7.11 Å². The van der Waals surface area contributed by atoms with Crippen LogP contribution in [0.4, 0.5) is 0 Å². The minimum absolute atomic E-state index is 0.0215. The van der Waals surface area contributed by atoms with Gasteiger partial charge in [-0.25, -0.2) is 9.36 Å². The molecule has 0 saturated heterocycles. The number of carbonyl (C=O) groups is 1. The second-order valence-corrected chi connectivity index (χ2v) is 3.93. The van der Waals surface area contributed by atoms with E-state index >= 15 is 0 Å². The van der Waals surface area contributed by atoms with Crippen molar-refractivity contribution >= 4 is 22.7 Å². The Hall–Kier alpha value is -2.30. The summed E-state index contributed by atoms with van der Waals surface area (Å²) in [6.07, 6.45) is 0.519. The number of fused-ring (bicyclic) bond motifs is 1. The minimum Gasteiger partial charge on any atom is -0.875 e. The van der Waals surface area contributed by atoms with Gasteiger partial charge in [-0.15, -0.1) is 0 Å². The number of hydrogen-bond acceptors (Lipinski definition) is 3. The standard InChI is InChI=1S/C13H14N2O3/c1-9-14(2)10-6-4-5-7-11(10)15(9)12(8-16)13(17)18-3/h4-8H,1-3H3. The fourth-order valence-electron chi connectivity index (χ4n) is 2.04. The van der Waals surface area contributed by atoms with Gasteiger partial charge in [0.05, 0.1) is 14.2 Å². The smallest absolute Gasteiger partial charge is 0.377 e. The number of imidazole rings is 1. The summed E-state index contributed by atoms with van der Waals surface area (Å²) in [5.74, 6) is 0.137. The average molecular weight is 246 g/mol. The van der Waals surface area contributed by atoms with Gasteiger partial charge in [0.2, 0.25) is 5.70 Å². The van der Waals surface area contributed by atoms with Crippen LogP contribution in [0.5, 0.6) is 0 Å². The molecule has 0 radical (unpaired) electrons. The molecule has 0 aliphatic rings. The van der Waals surface area contributed by atoms with Crippen LogP contribution in [0.15, 0.2) is 30.5 Å². The number of methoxy groups -OCH3 is 1. The number of hydrogen-bond donors (Lipinski definition) is 0. The van der Waals surface area contributed by atoms with Crippen molar-refractivity contribution in [3.05, 3.63) is 36.4 Å². The van der Waals surface area contributed by atoms with Gasteiger partial charge >= 0.3 is 5.97 Å². The second-order valence-electron chi connectivity index (χ2n) is 3.93. The first-order valence-corrected chi connectivity index (χ1v) is 5.48. The molecule has 0 aliphatic heterocycles. The highest BCUT2D eigenvalue weighted by molar-refractivity contribution is 6.11. The predicted molar refractivity (Wildman–Crippen MR) is 64.1 cm³/mol. The van der Waals surface area contributed by atoms with Gasteiger partial charge in [-0.1, -0.05) is 18.4 Å². The summed E-state index contributed by atoms with van der Waals surface area (Å²) in [6.45, 7) is 1.84. The van der Waals surface area contributed by atoms with Crippen LogP contribution in [0, 0.1) is 6.92 Å². The number of ether oxygens (including phenoxy) is 1. The largest absolute Gasteiger partial charge is 0.875 e. The Morgan fingerprint density at radius 3 is 2.72 bits per heavy atom. The van der Waals surface area contributed by atoms with Crippen LogP contribution in [0.1, 0.15) is 5.82 Å². The van der Waals surface area contributed by atoms with Crippen molar-refractivity contribution in [2.24, 2.45) is 7.05 Å². The molecular weight excluding hydrogens is 232 g/mol.